The number of rotatable bonds is 6. The number of amides is 2. The summed E-state index contributed by atoms with van der Waals surface area (Å²) in [5, 5.41) is 5.73. The number of hydrogen-bond acceptors (Lipinski definition) is 3. The molecule has 1 aliphatic rings. The lowest BCUT2D eigenvalue weighted by atomic mass is 10.0. The zero-order valence-electron chi connectivity index (χ0n) is 15.8. The summed E-state index contributed by atoms with van der Waals surface area (Å²) < 4.78 is 0. The van der Waals surface area contributed by atoms with Crippen LogP contribution in [0.3, 0.4) is 0 Å². The lowest BCUT2D eigenvalue weighted by molar-refractivity contribution is 0.101. The number of likely N-dealkylation sites (tertiary alicyclic amines) is 1. The van der Waals surface area contributed by atoms with E-state index in [1.807, 2.05) is 6.07 Å². The second-order valence-corrected chi connectivity index (χ2v) is 7.05. The van der Waals surface area contributed by atoms with Gasteiger partial charge in [-0.15, -0.1) is 0 Å². The van der Waals surface area contributed by atoms with Gasteiger partial charge in [-0.1, -0.05) is 30.7 Å². The monoisotopic (exact) mass is 365 g/mol. The molecule has 1 fully saturated rings. The van der Waals surface area contributed by atoms with E-state index in [0.717, 1.165) is 25.2 Å². The van der Waals surface area contributed by atoms with Crippen molar-refractivity contribution in [3.05, 3.63) is 65.2 Å². The molecule has 5 heteroatoms. The molecule has 0 atom stereocenters. The average molecular weight is 365 g/mol. The van der Waals surface area contributed by atoms with Crippen LogP contribution in [0.15, 0.2) is 48.5 Å². The molecule has 0 saturated carbocycles. The summed E-state index contributed by atoms with van der Waals surface area (Å²) in [5.41, 5.74) is 3.71. The lowest BCUT2D eigenvalue weighted by Gasteiger charge is -2.27. The summed E-state index contributed by atoms with van der Waals surface area (Å²) in [7, 11) is 0. The summed E-state index contributed by atoms with van der Waals surface area (Å²) in [4.78, 5) is 26.0. The number of piperidine rings is 1. The Balaban J connectivity index is 1.54. The minimum absolute atomic E-state index is 0.0105. The number of carbonyl (C=O) groups excluding carboxylic acids is 2. The number of nitrogens with one attached hydrogen (secondary N) is 2. The summed E-state index contributed by atoms with van der Waals surface area (Å²) >= 11 is 0. The fourth-order valence-electron chi connectivity index (χ4n) is 3.38. The highest BCUT2D eigenvalue weighted by molar-refractivity contribution is 5.95. The highest BCUT2D eigenvalue weighted by atomic mass is 16.2. The second-order valence-electron chi connectivity index (χ2n) is 7.05. The highest BCUT2D eigenvalue weighted by Gasteiger charge is 2.13. The van der Waals surface area contributed by atoms with Gasteiger partial charge in [0.2, 0.25) is 0 Å². The van der Waals surface area contributed by atoms with E-state index in [1.165, 1.54) is 31.7 Å². The fraction of sp³-hybridized carbons (Fsp3) is 0.364. The summed E-state index contributed by atoms with van der Waals surface area (Å²) in [6.07, 6.45) is 3.86. The normalized spacial score (nSPS) is 14.6. The molecular weight excluding hydrogens is 338 g/mol. The van der Waals surface area contributed by atoms with Gasteiger partial charge in [0.05, 0.1) is 0 Å². The first kappa shape index (κ1) is 19.1. The first-order chi connectivity index (χ1) is 13.1. The van der Waals surface area contributed by atoms with Gasteiger partial charge in [0.15, 0.2) is 5.78 Å². The van der Waals surface area contributed by atoms with Crippen LogP contribution in [0.25, 0.3) is 0 Å². The van der Waals surface area contributed by atoms with E-state index in [2.05, 4.69) is 33.7 Å². The van der Waals surface area contributed by atoms with Gasteiger partial charge in [-0.25, -0.2) is 4.79 Å². The van der Waals surface area contributed by atoms with Crippen molar-refractivity contribution in [1.82, 2.24) is 10.2 Å². The molecule has 0 aliphatic carbocycles. The molecule has 1 heterocycles. The van der Waals surface area contributed by atoms with E-state index in [4.69, 9.17) is 0 Å². The molecular formula is C22H27N3O2. The SMILES string of the molecule is CC(=O)c1ccc(NC(=O)NCc2ccccc2CN2CCCCC2)cc1. The predicted octanol–water partition coefficient (Wildman–Crippen LogP) is 4.20. The van der Waals surface area contributed by atoms with Crippen molar-refractivity contribution in [3.8, 4) is 0 Å². The molecule has 2 N–H and O–H groups in total. The standard InChI is InChI=1S/C22H27N3O2/c1-17(26)18-9-11-21(12-10-18)24-22(27)23-15-19-7-3-4-8-20(19)16-25-13-5-2-6-14-25/h3-4,7-12H,2,5-6,13-16H2,1H3,(H2,23,24,27). The number of benzene rings is 2. The summed E-state index contributed by atoms with van der Waals surface area (Å²) in [6.45, 7) is 5.25. The van der Waals surface area contributed by atoms with Crippen LogP contribution in [-0.4, -0.2) is 29.8 Å². The van der Waals surface area contributed by atoms with E-state index in [-0.39, 0.29) is 11.8 Å². The highest BCUT2D eigenvalue weighted by Crippen LogP contribution is 2.16. The maximum absolute atomic E-state index is 12.2. The second kappa shape index (κ2) is 9.33. The van der Waals surface area contributed by atoms with Gasteiger partial charge in [0, 0.05) is 24.3 Å². The van der Waals surface area contributed by atoms with E-state index in [0.29, 0.717) is 17.8 Å². The predicted molar refractivity (Wildman–Crippen MR) is 108 cm³/mol. The fourth-order valence-corrected chi connectivity index (χ4v) is 3.38. The first-order valence-electron chi connectivity index (χ1n) is 9.57. The maximum atomic E-state index is 12.2. The van der Waals surface area contributed by atoms with Gasteiger partial charge < -0.3 is 10.6 Å². The number of hydrogen-bond donors (Lipinski definition) is 2. The van der Waals surface area contributed by atoms with Gasteiger partial charge >= 0.3 is 6.03 Å². The zero-order chi connectivity index (χ0) is 19.1. The van der Waals surface area contributed by atoms with Crippen LogP contribution >= 0.6 is 0 Å². The molecule has 2 aromatic rings. The molecule has 2 aromatic carbocycles. The van der Waals surface area contributed by atoms with Crippen LogP contribution in [0.1, 0.15) is 47.7 Å². The summed E-state index contributed by atoms with van der Waals surface area (Å²) in [6, 6.07) is 14.9. The van der Waals surface area contributed by atoms with E-state index in [1.54, 1.807) is 24.3 Å². The lowest BCUT2D eigenvalue weighted by Crippen LogP contribution is -2.31. The van der Waals surface area contributed by atoms with Crippen molar-refractivity contribution in [3.63, 3.8) is 0 Å². The van der Waals surface area contributed by atoms with Crippen molar-refractivity contribution in [2.45, 2.75) is 39.3 Å². The van der Waals surface area contributed by atoms with Crippen LogP contribution in [0.4, 0.5) is 10.5 Å². The van der Waals surface area contributed by atoms with Crippen molar-refractivity contribution in [2.75, 3.05) is 18.4 Å². The molecule has 1 saturated heterocycles. The molecule has 2 amide bonds. The molecule has 0 aromatic heterocycles. The third-order valence-electron chi connectivity index (χ3n) is 4.95. The van der Waals surface area contributed by atoms with Gasteiger partial charge in [-0.05, 0) is 68.2 Å². The molecule has 3 rings (SSSR count). The quantitative estimate of drug-likeness (QED) is 0.754. The molecule has 0 radical (unpaired) electrons. The van der Waals surface area contributed by atoms with Gasteiger partial charge in [-0.2, -0.15) is 0 Å². The Hall–Kier alpha value is -2.66. The number of anilines is 1. The third kappa shape index (κ3) is 5.66. The molecule has 0 spiro atoms. The molecule has 27 heavy (non-hydrogen) atoms. The van der Waals surface area contributed by atoms with Crippen LogP contribution < -0.4 is 10.6 Å². The number of urea groups is 1. The minimum atomic E-state index is -0.252. The Kier molecular flexibility index (Phi) is 6.60. The first-order valence-corrected chi connectivity index (χ1v) is 9.57. The molecule has 1 aliphatic heterocycles. The van der Waals surface area contributed by atoms with Crippen molar-refractivity contribution in [2.24, 2.45) is 0 Å². The third-order valence-corrected chi connectivity index (χ3v) is 4.95. The van der Waals surface area contributed by atoms with E-state index >= 15 is 0 Å². The van der Waals surface area contributed by atoms with E-state index < -0.39 is 0 Å². The number of Topliss-reactive ketones (excluding diaryl/α,β-unsaturated/α-hetero) is 1. The number of carbonyl (C=O) groups is 2. The Morgan fingerprint density at radius 2 is 1.59 bits per heavy atom. The number of nitrogens with zero attached hydrogens (tertiary/aromatic N) is 1. The molecule has 0 bridgehead atoms. The van der Waals surface area contributed by atoms with Crippen molar-refractivity contribution in [1.29, 1.82) is 0 Å². The largest absolute Gasteiger partial charge is 0.334 e. The van der Waals surface area contributed by atoms with Crippen LogP contribution in [0.5, 0.6) is 0 Å². The van der Waals surface area contributed by atoms with Gasteiger partial charge in [0.25, 0.3) is 0 Å². The Bertz CT molecular complexity index is 780. The Morgan fingerprint density at radius 1 is 0.926 bits per heavy atom. The Labute approximate surface area is 160 Å². The van der Waals surface area contributed by atoms with Gasteiger partial charge in [-0.3, -0.25) is 9.69 Å². The Morgan fingerprint density at radius 3 is 2.26 bits per heavy atom. The number of ketones is 1. The molecule has 142 valence electrons. The van der Waals surface area contributed by atoms with Crippen molar-refractivity contribution >= 4 is 17.5 Å². The smallest absolute Gasteiger partial charge is 0.319 e. The van der Waals surface area contributed by atoms with E-state index in [9.17, 15) is 9.59 Å². The van der Waals surface area contributed by atoms with Crippen LogP contribution in [-0.2, 0) is 13.1 Å². The molecule has 0 unspecified atom stereocenters. The maximum Gasteiger partial charge on any atom is 0.319 e. The van der Waals surface area contributed by atoms with Crippen molar-refractivity contribution < 1.29 is 9.59 Å². The van der Waals surface area contributed by atoms with Gasteiger partial charge in [0.1, 0.15) is 0 Å². The zero-order valence-corrected chi connectivity index (χ0v) is 15.8. The van der Waals surface area contributed by atoms with Crippen LogP contribution in [0, 0.1) is 0 Å². The minimum Gasteiger partial charge on any atom is -0.334 e. The topological polar surface area (TPSA) is 61.4 Å². The van der Waals surface area contributed by atoms with Crippen LogP contribution in [0.2, 0.25) is 0 Å². The molecule has 5 nitrogen and oxygen atoms in total. The summed E-state index contributed by atoms with van der Waals surface area (Å²) in [5.74, 6) is 0.0105. The average Bonchev–Trinajstić information content (AvgIpc) is 2.68.